The van der Waals surface area contributed by atoms with Gasteiger partial charge in [0.25, 0.3) is 5.91 Å². The Morgan fingerprint density at radius 3 is 2.82 bits per heavy atom. The molecule has 0 bridgehead atoms. The van der Waals surface area contributed by atoms with Crippen LogP contribution in [-0.2, 0) is 0 Å². The fourth-order valence-corrected chi connectivity index (χ4v) is 2.00. The van der Waals surface area contributed by atoms with Crippen LogP contribution in [0.1, 0.15) is 24.2 Å². The first kappa shape index (κ1) is 13.8. The minimum absolute atomic E-state index is 0.0675. The number of rotatable bonds is 6. The first-order valence-corrected chi connectivity index (χ1v) is 7.06. The van der Waals surface area contributed by atoms with Gasteiger partial charge in [-0.2, -0.15) is 11.8 Å². The summed E-state index contributed by atoms with van der Waals surface area (Å²) < 4.78 is 0. The molecule has 2 N–H and O–H groups in total. The third-order valence-electron chi connectivity index (χ3n) is 2.18. The highest BCUT2D eigenvalue weighted by molar-refractivity contribution is 7.98. The first-order chi connectivity index (χ1) is 8.17. The Morgan fingerprint density at radius 1 is 1.53 bits per heavy atom. The predicted octanol–water partition coefficient (Wildman–Crippen LogP) is 1.99. The van der Waals surface area contributed by atoms with Crippen LogP contribution in [0.5, 0.6) is 0 Å². The quantitative estimate of drug-likeness (QED) is 0.814. The molecule has 0 radical (unpaired) electrons. The molecule has 17 heavy (non-hydrogen) atoms. The molecular weight excluding hydrogens is 234 g/mol. The van der Waals surface area contributed by atoms with Gasteiger partial charge in [-0.1, -0.05) is 0 Å². The van der Waals surface area contributed by atoms with Gasteiger partial charge in [-0.05, 0) is 32.2 Å². The topological polar surface area (TPSA) is 54.0 Å². The summed E-state index contributed by atoms with van der Waals surface area (Å²) in [6.45, 7) is 4.82. The molecule has 1 amide bonds. The molecule has 5 heteroatoms. The van der Waals surface area contributed by atoms with Gasteiger partial charge >= 0.3 is 0 Å². The zero-order valence-electron chi connectivity index (χ0n) is 10.5. The van der Waals surface area contributed by atoms with E-state index < -0.39 is 0 Å². The molecule has 1 aromatic rings. The molecule has 0 aliphatic rings. The minimum atomic E-state index is -0.0675. The summed E-state index contributed by atoms with van der Waals surface area (Å²) in [7, 11) is 0. The van der Waals surface area contributed by atoms with Crippen LogP contribution in [0.15, 0.2) is 18.3 Å². The SMILES string of the molecule is CCNc1ccc(C(=O)NC(C)CSC)cn1. The highest BCUT2D eigenvalue weighted by Gasteiger charge is 2.09. The second-order valence-electron chi connectivity index (χ2n) is 3.79. The van der Waals surface area contributed by atoms with Crippen molar-refractivity contribution in [1.82, 2.24) is 10.3 Å². The Kier molecular flexibility index (Phi) is 5.83. The lowest BCUT2D eigenvalue weighted by molar-refractivity contribution is 0.0943. The molecule has 1 atom stereocenters. The van der Waals surface area contributed by atoms with Gasteiger partial charge in [-0.15, -0.1) is 0 Å². The monoisotopic (exact) mass is 253 g/mol. The molecule has 0 aliphatic carbocycles. The fraction of sp³-hybridized carbons (Fsp3) is 0.500. The number of nitrogens with one attached hydrogen (secondary N) is 2. The molecule has 1 rings (SSSR count). The van der Waals surface area contributed by atoms with Gasteiger partial charge in [0.05, 0.1) is 5.56 Å². The number of carbonyl (C=O) groups excluding carboxylic acids is 1. The van der Waals surface area contributed by atoms with Gasteiger partial charge < -0.3 is 10.6 Å². The van der Waals surface area contributed by atoms with Crippen molar-refractivity contribution >= 4 is 23.5 Å². The number of pyridine rings is 1. The lowest BCUT2D eigenvalue weighted by atomic mass is 10.2. The summed E-state index contributed by atoms with van der Waals surface area (Å²) in [5, 5.41) is 6.02. The van der Waals surface area contributed by atoms with Gasteiger partial charge in [0.2, 0.25) is 0 Å². The number of aromatic nitrogens is 1. The second kappa shape index (κ2) is 7.17. The van der Waals surface area contributed by atoms with Crippen molar-refractivity contribution in [1.29, 1.82) is 0 Å². The Labute approximate surface area is 107 Å². The summed E-state index contributed by atoms with van der Waals surface area (Å²) >= 11 is 1.72. The average molecular weight is 253 g/mol. The predicted molar refractivity (Wildman–Crippen MR) is 73.7 cm³/mol. The van der Waals surface area contributed by atoms with Crippen molar-refractivity contribution in [3.63, 3.8) is 0 Å². The standard InChI is InChI=1S/C12H19N3OS/c1-4-13-11-6-5-10(7-14-11)12(16)15-9(2)8-17-3/h5-7,9H,4,8H2,1-3H3,(H,13,14)(H,15,16). The van der Waals surface area contributed by atoms with Crippen LogP contribution >= 0.6 is 11.8 Å². The van der Waals surface area contributed by atoms with Gasteiger partial charge in [-0.25, -0.2) is 4.98 Å². The zero-order chi connectivity index (χ0) is 12.7. The Morgan fingerprint density at radius 2 is 2.29 bits per heavy atom. The van der Waals surface area contributed by atoms with Crippen LogP contribution in [0.2, 0.25) is 0 Å². The van der Waals surface area contributed by atoms with Crippen molar-refractivity contribution < 1.29 is 4.79 Å². The number of hydrogen-bond donors (Lipinski definition) is 2. The number of amides is 1. The molecule has 0 aromatic carbocycles. The van der Waals surface area contributed by atoms with Crippen LogP contribution < -0.4 is 10.6 Å². The minimum Gasteiger partial charge on any atom is -0.370 e. The van der Waals surface area contributed by atoms with E-state index in [1.54, 1.807) is 24.0 Å². The molecular formula is C12H19N3OS. The lowest BCUT2D eigenvalue weighted by Crippen LogP contribution is -2.34. The van der Waals surface area contributed by atoms with E-state index in [1.807, 2.05) is 26.2 Å². The number of thioether (sulfide) groups is 1. The molecule has 0 fully saturated rings. The lowest BCUT2D eigenvalue weighted by Gasteiger charge is -2.12. The summed E-state index contributed by atoms with van der Waals surface area (Å²) in [4.78, 5) is 16.0. The Bertz CT molecular complexity index is 353. The van der Waals surface area contributed by atoms with Crippen LogP contribution in [0.25, 0.3) is 0 Å². The normalized spacial score (nSPS) is 11.9. The van der Waals surface area contributed by atoms with E-state index in [1.165, 1.54) is 0 Å². The van der Waals surface area contributed by atoms with E-state index in [0.717, 1.165) is 18.1 Å². The third-order valence-corrected chi connectivity index (χ3v) is 3.01. The van der Waals surface area contributed by atoms with E-state index in [-0.39, 0.29) is 11.9 Å². The Balaban J connectivity index is 2.57. The molecule has 1 aromatic heterocycles. The largest absolute Gasteiger partial charge is 0.370 e. The van der Waals surface area contributed by atoms with E-state index in [4.69, 9.17) is 0 Å². The maximum absolute atomic E-state index is 11.8. The summed E-state index contributed by atoms with van der Waals surface area (Å²) in [5.74, 6) is 1.64. The van der Waals surface area contributed by atoms with Crippen LogP contribution in [0.4, 0.5) is 5.82 Å². The van der Waals surface area contributed by atoms with E-state index in [0.29, 0.717) is 5.56 Å². The summed E-state index contributed by atoms with van der Waals surface area (Å²) in [6.07, 6.45) is 3.62. The maximum atomic E-state index is 11.8. The molecule has 0 spiro atoms. The van der Waals surface area contributed by atoms with Crippen molar-refractivity contribution in [2.24, 2.45) is 0 Å². The smallest absolute Gasteiger partial charge is 0.253 e. The van der Waals surface area contributed by atoms with Gasteiger partial charge in [0, 0.05) is 24.5 Å². The second-order valence-corrected chi connectivity index (χ2v) is 4.70. The zero-order valence-corrected chi connectivity index (χ0v) is 11.3. The van der Waals surface area contributed by atoms with Crippen molar-refractivity contribution in [2.45, 2.75) is 19.9 Å². The third kappa shape index (κ3) is 4.65. The number of hydrogen-bond acceptors (Lipinski definition) is 4. The van der Waals surface area contributed by atoms with E-state index >= 15 is 0 Å². The molecule has 4 nitrogen and oxygen atoms in total. The highest BCUT2D eigenvalue weighted by Crippen LogP contribution is 2.05. The van der Waals surface area contributed by atoms with E-state index in [2.05, 4.69) is 15.6 Å². The number of nitrogens with zero attached hydrogens (tertiary/aromatic N) is 1. The average Bonchev–Trinajstić information content (AvgIpc) is 2.30. The van der Waals surface area contributed by atoms with Crippen molar-refractivity contribution in [2.75, 3.05) is 23.9 Å². The van der Waals surface area contributed by atoms with Gasteiger partial charge in [0.15, 0.2) is 0 Å². The van der Waals surface area contributed by atoms with E-state index in [9.17, 15) is 4.79 Å². The van der Waals surface area contributed by atoms with Crippen LogP contribution in [0.3, 0.4) is 0 Å². The van der Waals surface area contributed by atoms with Crippen LogP contribution in [-0.4, -0.2) is 35.5 Å². The molecule has 1 unspecified atom stereocenters. The number of carbonyl (C=O) groups is 1. The van der Waals surface area contributed by atoms with Gasteiger partial charge in [-0.3, -0.25) is 4.79 Å². The van der Waals surface area contributed by atoms with Gasteiger partial charge in [0.1, 0.15) is 5.82 Å². The molecule has 1 heterocycles. The molecule has 0 saturated heterocycles. The Hall–Kier alpha value is -1.23. The summed E-state index contributed by atoms with van der Waals surface area (Å²) in [5.41, 5.74) is 0.597. The molecule has 94 valence electrons. The fourth-order valence-electron chi connectivity index (χ4n) is 1.41. The van der Waals surface area contributed by atoms with Crippen molar-refractivity contribution in [3.05, 3.63) is 23.9 Å². The molecule has 0 aliphatic heterocycles. The van der Waals surface area contributed by atoms with Crippen LogP contribution in [0, 0.1) is 0 Å². The van der Waals surface area contributed by atoms with Crippen molar-refractivity contribution in [3.8, 4) is 0 Å². The number of anilines is 1. The highest BCUT2D eigenvalue weighted by atomic mass is 32.2. The maximum Gasteiger partial charge on any atom is 0.253 e. The molecule has 0 saturated carbocycles. The first-order valence-electron chi connectivity index (χ1n) is 5.67. The summed E-state index contributed by atoms with van der Waals surface area (Å²) in [6, 6.07) is 3.77.